The summed E-state index contributed by atoms with van der Waals surface area (Å²) in [5, 5.41) is 23.2. The number of aliphatic hydroxyl groups is 1. The topological polar surface area (TPSA) is 102 Å². The van der Waals surface area contributed by atoms with E-state index in [1.807, 2.05) is 30.3 Å². The molecule has 0 spiro atoms. The number of methoxy groups -OCH3 is 1. The van der Waals surface area contributed by atoms with Crippen LogP contribution in [-0.2, 0) is 13.1 Å². The van der Waals surface area contributed by atoms with Crippen LogP contribution in [0.1, 0.15) is 31.8 Å². The van der Waals surface area contributed by atoms with Crippen LogP contribution >= 0.6 is 0 Å². The number of ether oxygens (including phenoxy) is 1. The van der Waals surface area contributed by atoms with Gasteiger partial charge in [-0.05, 0) is 41.5 Å². The van der Waals surface area contributed by atoms with E-state index in [9.17, 15) is 19.8 Å². The van der Waals surface area contributed by atoms with Gasteiger partial charge in [-0.25, -0.2) is 0 Å². The molecule has 0 saturated heterocycles. The Hall–Kier alpha value is -4.04. The number of carbonyl (C=O) groups is 2. The van der Waals surface area contributed by atoms with E-state index in [4.69, 9.17) is 4.74 Å². The monoisotopic (exact) mass is 447 g/mol. The number of amides is 2. The Labute approximate surface area is 191 Å². The van der Waals surface area contributed by atoms with Gasteiger partial charge in [-0.1, -0.05) is 36.4 Å². The molecule has 3 N–H and O–H groups in total. The predicted octanol–water partition coefficient (Wildman–Crippen LogP) is 2.70. The summed E-state index contributed by atoms with van der Waals surface area (Å²) in [6.07, 6.45) is -1.12. The lowest BCUT2D eigenvalue weighted by Gasteiger charge is -2.40. The molecule has 8 heteroatoms. The third-order valence-corrected chi connectivity index (χ3v) is 5.65. The van der Waals surface area contributed by atoms with Crippen molar-refractivity contribution in [2.75, 3.05) is 19.1 Å². The maximum absolute atomic E-state index is 13.2. The smallest absolute Gasteiger partial charge is 0.259 e. The van der Waals surface area contributed by atoms with E-state index in [2.05, 4.69) is 5.32 Å². The van der Waals surface area contributed by atoms with Crippen molar-refractivity contribution in [3.05, 3.63) is 89.0 Å². The van der Waals surface area contributed by atoms with Gasteiger partial charge in [0.25, 0.3) is 11.8 Å². The Morgan fingerprint density at radius 1 is 1.06 bits per heavy atom. The van der Waals surface area contributed by atoms with Crippen molar-refractivity contribution >= 4 is 17.5 Å². The van der Waals surface area contributed by atoms with Crippen LogP contribution in [0.4, 0.5) is 5.69 Å². The molecule has 1 aliphatic heterocycles. The maximum Gasteiger partial charge on any atom is 0.259 e. The number of hydrogen-bond donors (Lipinski definition) is 3. The molecule has 1 unspecified atom stereocenters. The van der Waals surface area contributed by atoms with Crippen molar-refractivity contribution in [3.8, 4) is 11.5 Å². The first-order valence-electron chi connectivity index (χ1n) is 10.4. The van der Waals surface area contributed by atoms with Crippen molar-refractivity contribution in [3.63, 3.8) is 0 Å². The molecule has 1 aliphatic rings. The van der Waals surface area contributed by atoms with Crippen LogP contribution in [0.15, 0.2) is 66.7 Å². The van der Waals surface area contributed by atoms with Gasteiger partial charge in [0.05, 0.1) is 24.9 Å². The van der Waals surface area contributed by atoms with Crippen LogP contribution in [0.5, 0.6) is 11.5 Å². The summed E-state index contributed by atoms with van der Waals surface area (Å²) in [6.45, 7) is 0.461. The fourth-order valence-electron chi connectivity index (χ4n) is 3.80. The summed E-state index contributed by atoms with van der Waals surface area (Å²) in [4.78, 5) is 28.9. The summed E-state index contributed by atoms with van der Waals surface area (Å²) in [6, 6.07) is 19.1. The highest BCUT2D eigenvalue weighted by molar-refractivity contribution is 6.05. The minimum absolute atomic E-state index is 0.0205. The highest BCUT2D eigenvalue weighted by Gasteiger charge is 2.35. The van der Waals surface area contributed by atoms with Gasteiger partial charge in [-0.15, -0.1) is 0 Å². The Morgan fingerprint density at radius 2 is 1.82 bits per heavy atom. The number of nitrogens with one attached hydrogen (secondary N) is 1. The zero-order valence-corrected chi connectivity index (χ0v) is 18.4. The van der Waals surface area contributed by atoms with Crippen LogP contribution in [-0.4, -0.2) is 47.4 Å². The van der Waals surface area contributed by atoms with Gasteiger partial charge in [0.15, 0.2) is 11.5 Å². The molecule has 0 aliphatic carbocycles. The van der Waals surface area contributed by atoms with Crippen LogP contribution in [0.2, 0.25) is 0 Å². The van der Waals surface area contributed by atoms with E-state index >= 15 is 0 Å². The second-order valence-corrected chi connectivity index (χ2v) is 7.80. The fourth-order valence-corrected chi connectivity index (χ4v) is 3.80. The molecule has 170 valence electrons. The molecule has 8 nitrogen and oxygen atoms in total. The van der Waals surface area contributed by atoms with Gasteiger partial charge >= 0.3 is 0 Å². The molecule has 3 aromatic carbocycles. The van der Waals surface area contributed by atoms with Gasteiger partial charge in [0.1, 0.15) is 0 Å². The summed E-state index contributed by atoms with van der Waals surface area (Å²) >= 11 is 0. The summed E-state index contributed by atoms with van der Waals surface area (Å²) in [5.74, 6) is -0.355. The van der Waals surface area contributed by atoms with Gasteiger partial charge in [0, 0.05) is 19.2 Å². The second-order valence-electron chi connectivity index (χ2n) is 7.80. The van der Waals surface area contributed by atoms with E-state index in [0.717, 1.165) is 11.1 Å². The molecule has 2 amide bonds. The van der Waals surface area contributed by atoms with E-state index in [0.29, 0.717) is 22.6 Å². The van der Waals surface area contributed by atoms with Crippen LogP contribution < -0.4 is 15.0 Å². The average molecular weight is 447 g/mol. The van der Waals surface area contributed by atoms with E-state index in [1.54, 1.807) is 42.3 Å². The summed E-state index contributed by atoms with van der Waals surface area (Å²) < 4.78 is 5.09. The van der Waals surface area contributed by atoms with Crippen LogP contribution in [0.3, 0.4) is 0 Å². The van der Waals surface area contributed by atoms with Gasteiger partial charge in [-0.2, -0.15) is 0 Å². The zero-order valence-electron chi connectivity index (χ0n) is 18.4. The standard InChI is InChI=1S/C25H25N3O5/c1-27-20-10-9-18(23(30)26-14-17-8-11-21(29)22(12-17)33-2)13-19(20)24(31)28(25(27)32)15-16-6-4-3-5-7-16/h3-13,25,29,32H,14-15H2,1-2H3,(H,26,30). The number of benzene rings is 3. The number of aliphatic hydroxyl groups excluding tert-OH is 1. The molecule has 0 fully saturated rings. The van der Waals surface area contributed by atoms with Crippen LogP contribution in [0, 0.1) is 0 Å². The molecular weight excluding hydrogens is 422 g/mol. The number of aromatic hydroxyl groups is 1. The number of rotatable bonds is 6. The number of phenolic OH excluding ortho intramolecular Hbond substituents is 1. The van der Waals surface area contributed by atoms with Crippen molar-refractivity contribution in [2.45, 2.75) is 19.4 Å². The highest BCUT2D eigenvalue weighted by Crippen LogP contribution is 2.31. The number of nitrogens with zero attached hydrogens (tertiary/aromatic N) is 2. The molecule has 1 atom stereocenters. The lowest BCUT2D eigenvalue weighted by molar-refractivity contribution is 0.000426. The molecule has 0 bridgehead atoms. The third kappa shape index (κ3) is 4.47. The van der Waals surface area contributed by atoms with Crippen LogP contribution in [0.25, 0.3) is 0 Å². The number of phenols is 1. The minimum atomic E-state index is -1.12. The Morgan fingerprint density at radius 3 is 2.55 bits per heavy atom. The second kappa shape index (κ2) is 9.22. The molecule has 0 radical (unpaired) electrons. The predicted molar refractivity (Wildman–Crippen MR) is 123 cm³/mol. The number of hydrogen-bond acceptors (Lipinski definition) is 6. The van der Waals surface area contributed by atoms with Crippen molar-refractivity contribution in [1.82, 2.24) is 10.2 Å². The van der Waals surface area contributed by atoms with Gasteiger partial charge in [0.2, 0.25) is 6.35 Å². The first-order chi connectivity index (χ1) is 15.9. The van der Waals surface area contributed by atoms with Crippen molar-refractivity contribution < 1.29 is 24.5 Å². The summed E-state index contributed by atoms with van der Waals surface area (Å²) in [7, 11) is 3.16. The largest absolute Gasteiger partial charge is 0.504 e. The van der Waals surface area contributed by atoms with Gasteiger partial charge < -0.3 is 25.2 Å². The van der Waals surface area contributed by atoms with E-state index in [-0.39, 0.29) is 30.7 Å². The molecule has 1 heterocycles. The Kier molecular flexibility index (Phi) is 6.19. The minimum Gasteiger partial charge on any atom is -0.504 e. The first kappa shape index (κ1) is 22.2. The third-order valence-electron chi connectivity index (χ3n) is 5.65. The van der Waals surface area contributed by atoms with E-state index < -0.39 is 6.35 Å². The average Bonchev–Trinajstić information content (AvgIpc) is 2.84. The fraction of sp³-hybridized carbons (Fsp3) is 0.200. The zero-order chi connectivity index (χ0) is 23.5. The first-order valence-corrected chi connectivity index (χ1v) is 10.4. The van der Waals surface area contributed by atoms with Gasteiger partial charge in [-0.3, -0.25) is 14.5 Å². The highest BCUT2D eigenvalue weighted by atomic mass is 16.5. The Bertz CT molecular complexity index is 1180. The maximum atomic E-state index is 13.2. The lowest BCUT2D eigenvalue weighted by atomic mass is 10.0. The molecule has 0 saturated carbocycles. The molecule has 0 aromatic heterocycles. The van der Waals surface area contributed by atoms with Crippen molar-refractivity contribution in [1.29, 1.82) is 0 Å². The number of fused-ring (bicyclic) bond motifs is 1. The normalized spacial score (nSPS) is 15.2. The lowest BCUT2D eigenvalue weighted by Crippen LogP contribution is -2.53. The number of carbonyl (C=O) groups excluding carboxylic acids is 2. The molecular formula is C25H25N3O5. The molecule has 3 aromatic rings. The molecule has 33 heavy (non-hydrogen) atoms. The van der Waals surface area contributed by atoms with E-state index in [1.165, 1.54) is 18.1 Å². The SMILES string of the molecule is COc1cc(CNC(=O)c2ccc3c(c2)C(=O)N(Cc2ccccc2)C(O)N3C)ccc1O. The Balaban J connectivity index is 1.53. The van der Waals surface area contributed by atoms with Crippen molar-refractivity contribution in [2.24, 2.45) is 0 Å². The quantitative estimate of drug-likeness (QED) is 0.537. The molecule has 4 rings (SSSR count). The number of anilines is 1. The summed E-state index contributed by atoms with van der Waals surface area (Å²) in [5.41, 5.74) is 2.87.